The van der Waals surface area contributed by atoms with Gasteiger partial charge in [-0.3, -0.25) is 9.55 Å². The summed E-state index contributed by atoms with van der Waals surface area (Å²) in [5.74, 6) is 0.895. The van der Waals surface area contributed by atoms with E-state index in [0.717, 1.165) is 49.9 Å². The first kappa shape index (κ1) is 25.7. The Morgan fingerprint density at radius 2 is 1.40 bits per heavy atom. The van der Waals surface area contributed by atoms with Crippen molar-refractivity contribution < 1.29 is 5.11 Å². The van der Waals surface area contributed by atoms with Crippen LogP contribution >= 0.6 is 0 Å². The second-order valence-corrected chi connectivity index (χ2v) is 11.7. The number of hydrogen-bond acceptors (Lipinski definition) is 3. The summed E-state index contributed by atoms with van der Waals surface area (Å²) in [6.07, 6.45) is 1.91. The number of pyridine rings is 1. The monoisotopic (exact) mass is 545 g/mol. The highest BCUT2D eigenvalue weighted by Crippen LogP contribution is 2.40. The minimum absolute atomic E-state index is 0.0143. The topological polar surface area (TPSA) is 50.9 Å². The van der Waals surface area contributed by atoms with Crippen molar-refractivity contribution in [2.75, 3.05) is 0 Å². The molecule has 0 unspecified atom stereocenters. The summed E-state index contributed by atoms with van der Waals surface area (Å²) in [7, 11) is 0. The molecule has 0 aliphatic carbocycles. The van der Waals surface area contributed by atoms with Crippen molar-refractivity contribution in [2.24, 2.45) is 0 Å². The third-order valence-electron chi connectivity index (χ3n) is 7.92. The zero-order valence-electron chi connectivity index (χ0n) is 23.9. The van der Waals surface area contributed by atoms with Gasteiger partial charge in [0, 0.05) is 23.0 Å². The number of phenols is 1. The molecule has 42 heavy (non-hydrogen) atoms. The highest BCUT2D eigenvalue weighted by Gasteiger charge is 2.21. The molecule has 2 heterocycles. The number of aromatic nitrogens is 3. The van der Waals surface area contributed by atoms with Crippen molar-refractivity contribution in [3.05, 3.63) is 133 Å². The van der Waals surface area contributed by atoms with Gasteiger partial charge >= 0.3 is 0 Å². The minimum atomic E-state index is 0.0143. The molecule has 2 aromatic heterocycles. The average molecular weight is 546 g/mol. The molecule has 7 rings (SSSR count). The fraction of sp³-hybridized carbons (Fsp3) is 0.105. The van der Waals surface area contributed by atoms with Gasteiger partial charge in [0.05, 0.1) is 22.3 Å². The number of hydrogen-bond donors (Lipinski definition) is 1. The molecular formula is C38H31N3O. The summed E-state index contributed by atoms with van der Waals surface area (Å²) in [6.45, 7) is 6.69. The van der Waals surface area contributed by atoms with Crippen LogP contribution in [0.5, 0.6) is 5.75 Å². The van der Waals surface area contributed by atoms with E-state index in [0.29, 0.717) is 11.4 Å². The standard InChI is InChI=1S/C38H31N3O/c1-38(2,3)27-20-21-39-33(24-27)32-23-26(22-25-12-7-8-15-29(25)32)30-17-11-18-34-36(30)40-37(31-16-9-10-19-35(31)42)41(34)28-13-5-4-6-14-28/h4-24,42H,1-3H3. The number of nitrogens with zero attached hydrogens (tertiary/aromatic N) is 3. The van der Waals surface area contributed by atoms with Gasteiger partial charge in [-0.05, 0) is 81.9 Å². The number of fused-ring (bicyclic) bond motifs is 2. The summed E-state index contributed by atoms with van der Waals surface area (Å²) in [5.41, 5.74) is 8.92. The van der Waals surface area contributed by atoms with Crippen LogP contribution in [0.4, 0.5) is 0 Å². The van der Waals surface area contributed by atoms with E-state index in [1.54, 1.807) is 6.07 Å². The van der Waals surface area contributed by atoms with Crippen LogP contribution in [0.1, 0.15) is 26.3 Å². The second kappa shape index (κ2) is 10.0. The van der Waals surface area contributed by atoms with E-state index in [-0.39, 0.29) is 11.2 Å². The molecule has 0 bridgehead atoms. The molecule has 1 N–H and O–H groups in total. The van der Waals surface area contributed by atoms with Crippen molar-refractivity contribution in [3.8, 4) is 45.2 Å². The summed E-state index contributed by atoms with van der Waals surface area (Å²) >= 11 is 0. The molecule has 0 aliphatic heterocycles. The molecule has 0 atom stereocenters. The number of para-hydroxylation sites is 3. The molecular weight excluding hydrogens is 514 g/mol. The van der Waals surface area contributed by atoms with E-state index in [2.05, 4.69) is 104 Å². The van der Waals surface area contributed by atoms with E-state index >= 15 is 0 Å². The summed E-state index contributed by atoms with van der Waals surface area (Å²) in [5, 5.41) is 13.2. The van der Waals surface area contributed by atoms with Crippen LogP contribution in [0.2, 0.25) is 0 Å². The van der Waals surface area contributed by atoms with Crippen LogP contribution < -0.4 is 0 Å². The Hall–Kier alpha value is -5.22. The van der Waals surface area contributed by atoms with Gasteiger partial charge in [-0.25, -0.2) is 4.98 Å². The molecule has 204 valence electrons. The maximum absolute atomic E-state index is 10.8. The predicted octanol–water partition coefficient (Wildman–Crippen LogP) is 9.58. The molecule has 5 aromatic carbocycles. The Balaban J connectivity index is 1.51. The zero-order chi connectivity index (χ0) is 28.8. The van der Waals surface area contributed by atoms with Crippen LogP contribution in [0, 0.1) is 0 Å². The van der Waals surface area contributed by atoms with E-state index in [1.807, 2.05) is 42.6 Å². The normalized spacial score (nSPS) is 11.8. The lowest BCUT2D eigenvalue weighted by atomic mass is 9.86. The molecule has 4 heteroatoms. The lowest BCUT2D eigenvalue weighted by Crippen LogP contribution is -2.11. The fourth-order valence-corrected chi connectivity index (χ4v) is 5.74. The van der Waals surface area contributed by atoms with Crippen molar-refractivity contribution in [1.82, 2.24) is 14.5 Å². The Morgan fingerprint density at radius 1 is 0.667 bits per heavy atom. The Morgan fingerprint density at radius 3 is 2.21 bits per heavy atom. The number of phenolic OH excluding ortho intramolecular Hbond substituents is 1. The molecule has 0 amide bonds. The third kappa shape index (κ3) is 4.42. The lowest BCUT2D eigenvalue weighted by Gasteiger charge is -2.20. The van der Waals surface area contributed by atoms with Gasteiger partial charge in [-0.1, -0.05) is 87.5 Å². The highest BCUT2D eigenvalue weighted by molar-refractivity contribution is 6.03. The maximum atomic E-state index is 10.8. The average Bonchev–Trinajstić information content (AvgIpc) is 3.40. The minimum Gasteiger partial charge on any atom is -0.507 e. The molecule has 0 aliphatic rings. The predicted molar refractivity (Wildman–Crippen MR) is 173 cm³/mol. The zero-order valence-corrected chi connectivity index (χ0v) is 23.9. The Bertz CT molecular complexity index is 2080. The quantitative estimate of drug-likeness (QED) is 0.240. The molecule has 7 aromatic rings. The van der Waals surface area contributed by atoms with Gasteiger partial charge in [-0.15, -0.1) is 0 Å². The third-order valence-corrected chi connectivity index (χ3v) is 7.92. The fourth-order valence-electron chi connectivity index (χ4n) is 5.74. The summed E-state index contributed by atoms with van der Waals surface area (Å²) in [6, 6.07) is 41.2. The summed E-state index contributed by atoms with van der Waals surface area (Å²) in [4.78, 5) is 10.0. The molecule has 4 nitrogen and oxygen atoms in total. The number of aromatic hydroxyl groups is 1. The van der Waals surface area contributed by atoms with Gasteiger partial charge in [0.15, 0.2) is 0 Å². The Labute approximate surface area is 245 Å². The SMILES string of the molecule is CC(C)(C)c1ccnc(-c2cc(-c3cccc4c3nc(-c3ccccc3O)n4-c3ccccc3)cc3ccccc23)c1. The molecule has 0 spiro atoms. The van der Waals surface area contributed by atoms with Crippen LogP contribution in [-0.4, -0.2) is 19.6 Å². The first-order valence-electron chi connectivity index (χ1n) is 14.2. The van der Waals surface area contributed by atoms with Crippen molar-refractivity contribution in [1.29, 1.82) is 0 Å². The van der Waals surface area contributed by atoms with E-state index in [4.69, 9.17) is 9.97 Å². The largest absolute Gasteiger partial charge is 0.507 e. The second-order valence-electron chi connectivity index (χ2n) is 11.7. The van der Waals surface area contributed by atoms with E-state index < -0.39 is 0 Å². The van der Waals surface area contributed by atoms with Crippen molar-refractivity contribution >= 4 is 21.8 Å². The van der Waals surface area contributed by atoms with Crippen LogP contribution in [-0.2, 0) is 5.41 Å². The number of benzene rings is 5. The van der Waals surface area contributed by atoms with Gasteiger partial charge < -0.3 is 5.11 Å². The smallest absolute Gasteiger partial charge is 0.149 e. The maximum Gasteiger partial charge on any atom is 0.149 e. The van der Waals surface area contributed by atoms with Gasteiger partial charge in [0.2, 0.25) is 0 Å². The van der Waals surface area contributed by atoms with Gasteiger partial charge in [-0.2, -0.15) is 0 Å². The van der Waals surface area contributed by atoms with Gasteiger partial charge in [0.1, 0.15) is 11.6 Å². The van der Waals surface area contributed by atoms with Crippen LogP contribution in [0.15, 0.2) is 128 Å². The molecule has 0 saturated carbocycles. The first-order valence-corrected chi connectivity index (χ1v) is 14.2. The van der Waals surface area contributed by atoms with Crippen molar-refractivity contribution in [3.63, 3.8) is 0 Å². The van der Waals surface area contributed by atoms with Crippen molar-refractivity contribution in [2.45, 2.75) is 26.2 Å². The van der Waals surface area contributed by atoms with Crippen LogP contribution in [0.3, 0.4) is 0 Å². The van der Waals surface area contributed by atoms with E-state index in [1.165, 1.54) is 5.56 Å². The number of imidazole rings is 1. The highest BCUT2D eigenvalue weighted by atomic mass is 16.3. The van der Waals surface area contributed by atoms with Gasteiger partial charge in [0.25, 0.3) is 0 Å². The van der Waals surface area contributed by atoms with E-state index in [9.17, 15) is 5.11 Å². The molecule has 0 saturated heterocycles. The Kier molecular flexibility index (Phi) is 6.13. The molecule has 0 fully saturated rings. The lowest BCUT2D eigenvalue weighted by molar-refractivity contribution is 0.477. The summed E-state index contributed by atoms with van der Waals surface area (Å²) < 4.78 is 2.13. The first-order chi connectivity index (χ1) is 20.4. The van der Waals surface area contributed by atoms with Crippen LogP contribution in [0.25, 0.3) is 61.3 Å². The number of rotatable bonds is 4. The molecule has 0 radical (unpaired) electrons.